The number of hydrogen-bond acceptors (Lipinski definition) is 6. The number of allylic oxidation sites excluding steroid dienone is 1. The average Bonchev–Trinajstić information content (AvgIpc) is 3.28. The van der Waals surface area contributed by atoms with Crippen molar-refractivity contribution in [3.8, 4) is 11.5 Å². The zero-order valence-corrected chi connectivity index (χ0v) is 19.6. The number of rotatable bonds is 7. The number of aryl methyl sites for hydroxylation is 1. The molecule has 2 aromatic carbocycles. The molecule has 0 radical (unpaired) electrons. The summed E-state index contributed by atoms with van der Waals surface area (Å²) in [6.07, 6.45) is 0.0877. The van der Waals surface area contributed by atoms with Gasteiger partial charge < -0.3 is 24.4 Å². The van der Waals surface area contributed by atoms with Crippen molar-refractivity contribution in [2.24, 2.45) is 0 Å². The summed E-state index contributed by atoms with van der Waals surface area (Å²) in [5.74, 6) is -0.121. The molecule has 0 spiro atoms. The fourth-order valence-corrected chi connectivity index (χ4v) is 4.30. The van der Waals surface area contributed by atoms with Crippen LogP contribution in [-0.4, -0.2) is 42.6 Å². The van der Waals surface area contributed by atoms with Gasteiger partial charge in [0.05, 0.1) is 12.2 Å². The maximum absolute atomic E-state index is 13.1. The van der Waals surface area contributed by atoms with Gasteiger partial charge in [0.25, 0.3) is 0 Å². The third-order valence-corrected chi connectivity index (χ3v) is 5.99. The third-order valence-electron chi connectivity index (χ3n) is 5.99. The van der Waals surface area contributed by atoms with E-state index in [2.05, 4.69) is 5.32 Å². The van der Waals surface area contributed by atoms with E-state index in [4.69, 9.17) is 14.2 Å². The van der Waals surface area contributed by atoms with Gasteiger partial charge in [-0.3, -0.25) is 9.59 Å². The molecule has 0 fully saturated rings. The summed E-state index contributed by atoms with van der Waals surface area (Å²) in [4.78, 5) is 40.0. The highest BCUT2D eigenvalue weighted by molar-refractivity contribution is 5.97. The van der Waals surface area contributed by atoms with Gasteiger partial charge in [-0.15, -0.1) is 0 Å². The molecule has 2 aliphatic rings. The van der Waals surface area contributed by atoms with Crippen molar-refractivity contribution >= 4 is 17.8 Å². The molecular formula is C26H28N2O6. The largest absolute Gasteiger partial charge is 0.463 e. The van der Waals surface area contributed by atoms with Crippen LogP contribution in [0, 0.1) is 6.92 Å². The Labute approximate surface area is 198 Å². The lowest BCUT2D eigenvalue weighted by atomic mass is 9.83. The number of carbonyl (C=O) groups excluding carboxylic acids is 3. The van der Waals surface area contributed by atoms with Gasteiger partial charge in [-0.1, -0.05) is 35.9 Å². The van der Waals surface area contributed by atoms with E-state index in [0.29, 0.717) is 22.8 Å². The smallest absolute Gasteiger partial charge is 0.336 e. The summed E-state index contributed by atoms with van der Waals surface area (Å²) >= 11 is 0. The molecule has 1 N–H and O–H groups in total. The van der Waals surface area contributed by atoms with E-state index in [0.717, 1.165) is 16.7 Å². The summed E-state index contributed by atoms with van der Waals surface area (Å²) in [5, 5.41) is 2.83. The van der Waals surface area contributed by atoms with Crippen LogP contribution in [0.1, 0.15) is 42.9 Å². The van der Waals surface area contributed by atoms with Crippen LogP contribution in [0.5, 0.6) is 11.5 Å². The van der Waals surface area contributed by atoms with Gasteiger partial charge in [0.1, 0.15) is 6.54 Å². The molecule has 4 rings (SSSR count). The van der Waals surface area contributed by atoms with E-state index in [-0.39, 0.29) is 44.7 Å². The standard InChI is InChI=1S/C26H28N2O6/c1-4-32-26(31)25-17(3)28(24(30)12-20(25)19-7-5-6-16(2)10-19)14-23(29)27-13-18-8-9-21-22(11-18)34-15-33-21/h5-11,20H,4,12-15H2,1-3H3,(H,27,29). The summed E-state index contributed by atoms with van der Waals surface area (Å²) in [6.45, 7) is 5.89. The lowest BCUT2D eigenvalue weighted by Gasteiger charge is -2.34. The van der Waals surface area contributed by atoms with Gasteiger partial charge in [0.15, 0.2) is 11.5 Å². The molecule has 8 nitrogen and oxygen atoms in total. The van der Waals surface area contributed by atoms with E-state index < -0.39 is 11.9 Å². The Hall–Kier alpha value is -3.81. The number of carbonyl (C=O) groups is 3. The Morgan fingerprint density at radius 2 is 1.91 bits per heavy atom. The number of fused-ring (bicyclic) bond motifs is 1. The van der Waals surface area contributed by atoms with Gasteiger partial charge in [0.2, 0.25) is 18.6 Å². The number of amides is 2. The topological polar surface area (TPSA) is 94.2 Å². The van der Waals surface area contributed by atoms with Crippen molar-refractivity contribution < 1.29 is 28.6 Å². The molecule has 34 heavy (non-hydrogen) atoms. The predicted molar refractivity (Wildman–Crippen MR) is 124 cm³/mol. The number of hydrogen-bond donors (Lipinski definition) is 1. The van der Waals surface area contributed by atoms with Crippen LogP contribution in [0.25, 0.3) is 0 Å². The SMILES string of the molecule is CCOC(=O)C1=C(C)N(CC(=O)NCc2ccc3c(c2)OCO3)C(=O)CC1c1cccc(C)c1. The second-order valence-corrected chi connectivity index (χ2v) is 8.33. The summed E-state index contributed by atoms with van der Waals surface area (Å²) in [6, 6.07) is 13.2. The Bertz CT molecular complexity index is 1160. The lowest BCUT2D eigenvalue weighted by molar-refractivity contribution is -0.141. The number of ether oxygens (including phenoxy) is 3. The Balaban J connectivity index is 1.51. The average molecular weight is 465 g/mol. The minimum atomic E-state index is -0.468. The molecule has 0 saturated carbocycles. The fraction of sp³-hybridized carbons (Fsp3) is 0.346. The minimum Gasteiger partial charge on any atom is -0.463 e. The van der Waals surface area contributed by atoms with Crippen LogP contribution in [0.4, 0.5) is 0 Å². The van der Waals surface area contributed by atoms with Gasteiger partial charge in [-0.2, -0.15) is 0 Å². The molecule has 0 aliphatic carbocycles. The summed E-state index contributed by atoms with van der Waals surface area (Å²) < 4.78 is 16.0. The first kappa shape index (κ1) is 23.4. The highest BCUT2D eigenvalue weighted by atomic mass is 16.7. The number of nitrogens with zero attached hydrogens (tertiary/aromatic N) is 1. The number of esters is 1. The molecule has 1 unspecified atom stereocenters. The van der Waals surface area contributed by atoms with Crippen LogP contribution >= 0.6 is 0 Å². The third kappa shape index (κ3) is 4.90. The van der Waals surface area contributed by atoms with Crippen molar-refractivity contribution in [3.63, 3.8) is 0 Å². The molecular weight excluding hydrogens is 436 g/mol. The van der Waals surface area contributed by atoms with Crippen LogP contribution in [-0.2, 0) is 25.7 Å². The van der Waals surface area contributed by atoms with Crippen molar-refractivity contribution in [1.82, 2.24) is 10.2 Å². The monoisotopic (exact) mass is 464 g/mol. The number of nitrogens with one attached hydrogen (secondary N) is 1. The molecule has 0 aromatic heterocycles. The minimum absolute atomic E-state index is 0.0877. The highest BCUT2D eigenvalue weighted by Crippen LogP contribution is 2.37. The second-order valence-electron chi connectivity index (χ2n) is 8.33. The molecule has 0 saturated heterocycles. The Kier molecular flexibility index (Phi) is 6.86. The quantitative estimate of drug-likeness (QED) is 0.633. The van der Waals surface area contributed by atoms with E-state index >= 15 is 0 Å². The molecule has 2 aromatic rings. The summed E-state index contributed by atoms with van der Waals surface area (Å²) in [5.41, 5.74) is 3.62. The van der Waals surface area contributed by atoms with E-state index in [1.165, 1.54) is 4.90 Å². The van der Waals surface area contributed by atoms with Crippen molar-refractivity contribution in [3.05, 3.63) is 70.4 Å². The van der Waals surface area contributed by atoms with E-state index in [1.807, 2.05) is 43.3 Å². The van der Waals surface area contributed by atoms with Crippen LogP contribution in [0.3, 0.4) is 0 Å². The van der Waals surface area contributed by atoms with E-state index in [1.54, 1.807) is 19.9 Å². The first-order valence-corrected chi connectivity index (χ1v) is 11.3. The second kappa shape index (κ2) is 9.99. The van der Waals surface area contributed by atoms with Crippen LogP contribution in [0.15, 0.2) is 53.7 Å². The predicted octanol–water partition coefficient (Wildman–Crippen LogP) is 3.19. The Morgan fingerprint density at radius 1 is 1.12 bits per heavy atom. The maximum Gasteiger partial charge on any atom is 0.336 e. The van der Waals surface area contributed by atoms with Gasteiger partial charge in [-0.25, -0.2) is 4.79 Å². The van der Waals surface area contributed by atoms with Gasteiger partial charge in [0, 0.05) is 24.6 Å². The van der Waals surface area contributed by atoms with Gasteiger partial charge in [-0.05, 0) is 44.0 Å². The van der Waals surface area contributed by atoms with Crippen molar-refractivity contribution in [2.45, 2.75) is 39.7 Å². The molecule has 8 heteroatoms. The fourth-order valence-electron chi connectivity index (χ4n) is 4.30. The normalized spacial score (nSPS) is 17.1. The van der Waals surface area contributed by atoms with Crippen LogP contribution < -0.4 is 14.8 Å². The molecule has 1 atom stereocenters. The molecule has 2 amide bonds. The Morgan fingerprint density at radius 3 is 2.68 bits per heavy atom. The molecule has 2 heterocycles. The first-order valence-electron chi connectivity index (χ1n) is 11.3. The maximum atomic E-state index is 13.1. The van der Waals surface area contributed by atoms with Crippen LogP contribution in [0.2, 0.25) is 0 Å². The number of benzene rings is 2. The highest BCUT2D eigenvalue weighted by Gasteiger charge is 2.37. The zero-order chi connectivity index (χ0) is 24.2. The molecule has 0 bridgehead atoms. The van der Waals surface area contributed by atoms with E-state index in [9.17, 15) is 14.4 Å². The molecule has 2 aliphatic heterocycles. The zero-order valence-electron chi connectivity index (χ0n) is 19.6. The van der Waals surface area contributed by atoms with Crippen molar-refractivity contribution in [2.75, 3.05) is 19.9 Å². The lowest BCUT2D eigenvalue weighted by Crippen LogP contribution is -2.44. The van der Waals surface area contributed by atoms with Gasteiger partial charge >= 0.3 is 5.97 Å². The molecule has 178 valence electrons. The summed E-state index contributed by atoms with van der Waals surface area (Å²) in [7, 11) is 0. The first-order chi connectivity index (χ1) is 16.4. The van der Waals surface area contributed by atoms with Crippen molar-refractivity contribution in [1.29, 1.82) is 0 Å².